The Kier molecular flexibility index (Phi) is 3.96. The number of amides is 1. The highest BCUT2D eigenvalue weighted by atomic mass is 32.1. The molecule has 2 rings (SSSR count). The van der Waals surface area contributed by atoms with E-state index in [-0.39, 0.29) is 5.91 Å². The van der Waals surface area contributed by atoms with Crippen LogP contribution in [0.3, 0.4) is 0 Å². The third-order valence-corrected chi connectivity index (χ3v) is 3.45. The minimum atomic E-state index is -0.0868. The third-order valence-electron chi connectivity index (χ3n) is 3.23. The first-order valence-electron chi connectivity index (χ1n) is 5.89. The summed E-state index contributed by atoms with van der Waals surface area (Å²) in [4.78, 5) is 19.7. The van der Waals surface area contributed by atoms with Crippen LogP contribution in [0.1, 0.15) is 23.3 Å². The Balaban J connectivity index is 1.78. The third kappa shape index (κ3) is 3.41. The SMILES string of the molecule is CN1CCC(CNC(=O)c2c[nH]c(=S)[nH]2)CC1. The number of aromatic amines is 2. The maximum Gasteiger partial charge on any atom is 0.269 e. The number of piperidine rings is 1. The molecule has 0 radical (unpaired) electrons. The number of carbonyl (C=O) groups is 1. The fraction of sp³-hybridized carbons (Fsp3) is 0.636. The predicted octanol–water partition coefficient (Wildman–Crippen LogP) is 1.14. The molecule has 1 aromatic rings. The van der Waals surface area contributed by atoms with Gasteiger partial charge in [0, 0.05) is 12.7 Å². The van der Waals surface area contributed by atoms with Gasteiger partial charge in [-0.1, -0.05) is 0 Å². The summed E-state index contributed by atoms with van der Waals surface area (Å²) in [7, 11) is 2.13. The topological polar surface area (TPSA) is 63.9 Å². The number of likely N-dealkylation sites (tertiary alicyclic amines) is 1. The molecule has 1 saturated heterocycles. The molecule has 17 heavy (non-hydrogen) atoms. The fourth-order valence-electron chi connectivity index (χ4n) is 2.05. The molecular weight excluding hydrogens is 236 g/mol. The molecule has 0 saturated carbocycles. The summed E-state index contributed by atoms with van der Waals surface area (Å²) < 4.78 is 0.481. The molecule has 2 heterocycles. The van der Waals surface area contributed by atoms with Crippen LogP contribution in [0.15, 0.2) is 6.20 Å². The number of aromatic nitrogens is 2. The predicted molar refractivity (Wildman–Crippen MR) is 68.5 cm³/mol. The smallest absolute Gasteiger partial charge is 0.269 e. The molecule has 1 aliphatic heterocycles. The average molecular weight is 254 g/mol. The summed E-state index contributed by atoms with van der Waals surface area (Å²) >= 11 is 4.88. The average Bonchev–Trinajstić information content (AvgIpc) is 2.75. The maximum atomic E-state index is 11.7. The van der Waals surface area contributed by atoms with E-state index in [1.807, 2.05) is 0 Å². The van der Waals surface area contributed by atoms with Crippen LogP contribution in [-0.4, -0.2) is 47.5 Å². The molecule has 0 aromatic carbocycles. The van der Waals surface area contributed by atoms with Crippen LogP contribution in [0.2, 0.25) is 0 Å². The van der Waals surface area contributed by atoms with E-state index >= 15 is 0 Å². The molecule has 1 fully saturated rings. The molecule has 0 unspecified atom stereocenters. The van der Waals surface area contributed by atoms with Crippen LogP contribution in [0.25, 0.3) is 0 Å². The molecule has 0 atom stereocenters. The van der Waals surface area contributed by atoms with Crippen molar-refractivity contribution in [1.29, 1.82) is 0 Å². The number of hydrogen-bond donors (Lipinski definition) is 3. The number of nitrogens with one attached hydrogen (secondary N) is 3. The Morgan fingerprint density at radius 2 is 2.29 bits per heavy atom. The molecular formula is C11H18N4OS. The van der Waals surface area contributed by atoms with Gasteiger partial charge in [0.25, 0.3) is 5.91 Å². The van der Waals surface area contributed by atoms with Crippen LogP contribution < -0.4 is 5.32 Å². The minimum Gasteiger partial charge on any atom is -0.350 e. The second-order valence-electron chi connectivity index (χ2n) is 4.61. The van der Waals surface area contributed by atoms with Crippen LogP contribution in [0, 0.1) is 10.7 Å². The molecule has 1 amide bonds. The van der Waals surface area contributed by atoms with E-state index in [1.54, 1.807) is 6.20 Å². The van der Waals surface area contributed by atoms with Crippen molar-refractivity contribution in [3.8, 4) is 0 Å². The molecule has 1 aliphatic rings. The van der Waals surface area contributed by atoms with E-state index in [1.165, 1.54) is 0 Å². The Bertz CT molecular complexity index is 431. The van der Waals surface area contributed by atoms with Crippen molar-refractivity contribution in [1.82, 2.24) is 20.2 Å². The number of nitrogens with zero attached hydrogens (tertiary/aromatic N) is 1. The van der Waals surface area contributed by atoms with Gasteiger partial charge in [0.1, 0.15) is 5.69 Å². The standard InChI is InChI=1S/C11H18N4OS/c1-15-4-2-8(3-5-15)6-12-10(16)9-7-13-11(17)14-9/h7-8H,2-6H2,1H3,(H,12,16)(H2,13,14,17). The number of hydrogen-bond acceptors (Lipinski definition) is 3. The highest BCUT2D eigenvalue weighted by Crippen LogP contribution is 2.14. The molecule has 3 N–H and O–H groups in total. The van der Waals surface area contributed by atoms with Gasteiger partial charge in [-0.15, -0.1) is 0 Å². The Hall–Kier alpha value is -1.14. The normalized spacial score (nSPS) is 18.2. The van der Waals surface area contributed by atoms with Crippen molar-refractivity contribution < 1.29 is 4.79 Å². The van der Waals surface area contributed by atoms with Crippen LogP contribution in [0.5, 0.6) is 0 Å². The van der Waals surface area contributed by atoms with E-state index < -0.39 is 0 Å². The molecule has 0 aliphatic carbocycles. The monoisotopic (exact) mass is 254 g/mol. The van der Waals surface area contributed by atoms with Crippen LogP contribution in [-0.2, 0) is 0 Å². The first-order valence-corrected chi connectivity index (χ1v) is 6.30. The van der Waals surface area contributed by atoms with E-state index in [0.717, 1.165) is 32.5 Å². The highest BCUT2D eigenvalue weighted by Gasteiger charge is 2.17. The summed E-state index contributed by atoms with van der Waals surface area (Å²) in [6.07, 6.45) is 3.91. The number of carbonyl (C=O) groups excluding carboxylic acids is 1. The first kappa shape index (κ1) is 12.3. The zero-order valence-electron chi connectivity index (χ0n) is 9.95. The second-order valence-corrected chi connectivity index (χ2v) is 5.02. The van der Waals surface area contributed by atoms with Gasteiger partial charge < -0.3 is 20.2 Å². The van der Waals surface area contributed by atoms with E-state index in [4.69, 9.17) is 12.2 Å². The number of imidazole rings is 1. The van der Waals surface area contributed by atoms with Crippen molar-refractivity contribution in [3.05, 3.63) is 16.7 Å². The molecule has 5 nitrogen and oxygen atoms in total. The van der Waals surface area contributed by atoms with Crippen molar-refractivity contribution in [2.24, 2.45) is 5.92 Å². The molecule has 1 aromatic heterocycles. The lowest BCUT2D eigenvalue weighted by Crippen LogP contribution is -2.36. The van der Waals surface area contributed by atoms with Gasteiger partial charge in [-0.2, -0.15) is 0 Å². The summed E-state index contributed by atoms with van der Waals surface area (Å²) in [6.45, 7) is 2.98. The van der Waals surface area contributed by atoms with Gasteiger partial charge in [-0.3, -0.25) is 4.79 Å². The summed E-state index contributed by atoms with van der Waals surface area (Å²) in [6, 6.07) is 0. The Labute approximate surface area is 106 Å². The highest BCUT2D eigenvalue weighted by molar-refractivity contribution is 7.71. The van der Waals surface area contributed by atoms with Gasteiger partial charge in [0.15, 0.2) is 4.77 Å². The molecule has 94 valence electrons. The summed E-state index contributed by atoms with van der Waals surface area (Å²) in [5, 5.41) is 2.94. The minimum absolute atomic E-state index is 0.0868. The van der Waals surface area contributed by atoms with Crippen molar-refractivity contribution in [3.63, 3.8) is 0 Å². The van der Waals surface area contributed by atoms with Crippen molar-refractivity contribution >= 4 is 18.1 Å². The zero-order chi connectivity index (χ0) is 12.3. The second kappa shape index (κ2) is 5.46. The Morgan fingerprint density at radius 1 is 1.59 bits per heavy atom. The van der Waals surface area contributed by atoms with E-state index in [2.05, 4.69) is 27.2 Å². The van der Waals surface area contributed by atoms with E-state index in [0.29, 0.717) is 16.4 Å². The lowest BCUT2D eigenvalue weighted by atomic mass is 9.97. The molecule has 0 bridgehead atoms. The van der Waals surface area contributed by atoms with Gasteiger partial charge >= 0.3 is 0 Å². The largest absolute Gasteiger partial charge is 0.350 e. The van der Waals surface area contributed by atoms with Gasteiger partial charge in [-0.05, 0) is 51.1 Å². The van der Waals surface area contributed by atoms with Gasteiger partial charge in [-0.25, -0.2) is 0 Å². The lowest BCUT2D eigenvalue weighted by molar-refractivity contribution is 0.0934. The van der Waals surface area contributed by atoms with Crippen molar-refractivity contribution in [2.75, 3.05) is 26.7 Å². The maximum absolute atomic E-state index is 11.7. The number of H-pyrrole nitrogens is 2. The Morgan fingerprint density at radius 3 is 2.88 bits per heavy atom. The van der Waals surface area contributed by atoms with Gasteiger partial charge in [0.05, 0.1) is 0 Å². The summed E-state index contributed by atoms with van der Waals surface area (Å²) in [5.74, 6) is 0.508. The molecule has 6 heteroatoms. The number of rotatable bonds is 3. The quantitative estimate of drug-likeness (QED) is 0.709. The van der Waals surface area contributed by atoms with Gasteiger partial charge in [0.2, 0.25) is 0 Å². The fourth-order valence-corrected chi connectivity index (χ4v) is 2.22. The van der Waals surface area contributed by atoms with Crippen molar-refractivity contribution in [2.45, 2.75) is 12.8 Å². The summed E-state index contributed by atoms with van der Waals surface area (Å²) in [5.41, 5.74) is 0.503. The van der Waals surface area contributed by atoms with Crippen LogP contribution >= 0.6 is 12.2 Å². The van der Waals surface area contributed by atoms with Crippen LogP contribution in [0.4, 0.5) is 0 Å². The van der Waals surface area contributed by atoms with E-state index in [9.17, 15) is 4.79 Å². The lowest BCUT2D eigenvalue weighted by Gasteiger charge is -2.28. The first-order chi connectivity index (χ1) is 8.15. The zero-order valence-corrected chi connectivity index (χ0v) is 10.8. The molecule has 0 spiro atoms.